The Morgan fingerprint density at radius 1 is 1.14 bits per heavy atom. The fourth-order valence-electron chi connectivity index (χ4n) is 5.24. The van der Waals surface area contributed by atoms with E-state index in [9.17, 15) is 18.0 Å². The number of carbonyl (C=O) groups is 1. The number of nitrogens with one attached hydrogen (secondary N) is 1. The van der Waals surface area contributed by atoms with Gasteiger partial charge < -0.3 is 19.9 Å². The van der Waals surface area contributed by atoms with Gasteiger partial charge in [0, 0.05) is 48.5 Å². The number of rotatable bonds is 6. The van der Waals surface area contributed by atoms with E-state index < -0.39 is 17.7 Å². The van der Waals surface area contributed by atoms with E-state index in [-0.39, 0.29) is 18.4 Å². The summed E-state index contributed by atoms with van der Waals surface area (Å²) in [6, 6.07) is 15.6. The van der Waals surface area contributed by atoms with Gasteiger partial charge in [-0.3, -0.25) is 4.79 Å². The molecular formula is C27H28F3N3O2S. The van der Waals surface area contributed by atoms with E-state index in [4.69, 9.17) is 4.74 Å². The van der Waals surface area contributed by atoms with Crippen LogP contribution in [0.2, 0.25) is 0 Å². The minimum Gasteiger partial charge on any atom is -0.497 e. The first-order valence-corrected chi connectivity index (χ1v) is 12.9. The molecule has 0 spiro atoms. The second-order valence-electron chi connectivity index (χ2n) is 9.18. The Hall–Kier alpha value is -3.20. The molecule has 190 valence electrons. The van der Waals surface area contributed by atoms with E-state index in [1.165, 1.54) is 10.9 Å². The summed E-state index contributed by atoms with van der Waals surface area (Å²) in [5.74, 6) is 0.182. The van der Waals surface area contributed by atoms with Crippen molar-refractivity contribution in [2.24, 2.45) is 5.92 Å². The second-order valence-corrected chi connectivity index (χ2v) is 10.2. The highest BCUT2D eigenvalue weighted by molar-refractivity contribution is 7.09. The van der Waals surface area contributed by atoms with Crippen molar-refractivity contribution < 1.29 is 22.7 Å². The van der Waals surface area contributed by atoms with E-state index in [1.807, 2.05) is 41.8 Å². The third-order valence-corrected chi connectivity index (χ3v) is 7.98. The molecular weight excluding hydrogens is 487 g/mol. The lowest BCUT2D eigenvalue weighted by molar-refractivity contribution is -0.137. The molecule has 2 aromatic carbocycles. The average molecular weight is 516 g/mol. The number of nitrogens with zero attached hydrogens (tertiary/aromatic N) is 2. The van der Waals surface area contributed by atoms with Gasteiger partial charge in [-0.05, 0) is 60.2 Å². The van der Waals surface area contributed by atoms with Crippen LogP contribution in [0.25, 0.3) is 0 Å². The zero-order valence-corrected chi connectivity index (χ0v) is 20.7. The minimum atomic E-state index is -4.42. The van der Waals surface area contributed by atoms with Crippen molar-refractivity contribution in [1.29, 1.82) is 0 Å². The maximum Gasteiger partial charge on any atom is 0.416 e. The van der Waals surface area contributed by atoms with Gasteiger partial charge in [-0.1, -0.05) is 12.1 Å². The molecule has 2 aliphatic rings. The van der Waals surface area contributed by atoms with Gasteiger partial charge in [0.2, 0.25) is 5.91 Å². The Balaban J connectivity index is 1.41. The van der Waals surface area contributed by atoms with Gasteiger partial charge in [-0.15, -0.1) is 11.3 Å². The Bertz CT molecular complexity index is 1220. The molecule has 5 rings (SSSR count). The molecule has 1 aromatic heterocycles. The molecule has 1 fully saturated rings. The first-order valence-electron chi connectivity index (χ1n) is 12.0. The van der Waals surface area contributed by atoms with Crippen molar-refractivity contribution in [1.82, 2.24) is 5.32 Å². The molecule has 2 atom stereocenters. The summed E-state index contributed by atoms with van der Waals surface area (Å²) in [6.45, 7) is 2.39. The van der Waals surface area contributed by atoms with E-state index in [0.29, 0.717) is 31.7 Å². The van der Waals surface area contributed by atoms with Gasteiger partial charge in [-0.2, -0.15) is 13.2 Å². The number of hydrogen-bond donors (Lipinski definition) is 1. The SMILES string of the molecule is COc1cccc(N2CCN3c4ccc(C(F)(F)F)cc4CC(C(=O)NCCc4cccs4)C3C2)c1. The van der Waals surface area contributed by atoms with E-state index in [1.54, 1.807) is 24.5 Å². The van der Waals surface area contributed by atoms with Crippen LogP contribution in [0.3, 0.4) is 0 Å². The first kappa shape index (κ1) is 24.5. The summed E-state index contributed by atoms with van der Waals surface area (Å²) in [7, 11) is 1.63. The van der Waals surface area contributed by atoms with Crippen LogP contribution in [0.4, 0.5) is 24.5 Å². The number of anilines is 2. The van der Waals surface area contributed by atoms with E-state index >= 15 is 0 Å². The van der Waals surface area contributed by atoms with Gasteiger partial charge >= 0.3 is 6.18 Å². The molecule has 2 unspecified atom stereocenters. The molecule has 0 radical (unpaired) electrons. The number of halogens is 3. The van der Waals surface area contributed by atoms with Crippen molar-refractivity contribution >= 4 is 28.6 Å². The standard InChI is InChI=1S/C27H28F3N3O2S/c1-35-21-5-2-4-20(16-21)32-11-12-33-24-8-7-19(27(28,29)30)14-18(24)15-23(25(33)17-32)26(34)31-10-9-22-6-3-13-36-22/h2-8,13-14,16,23,25H,9-12,15,17H2,1H3,(H,31,34). The minimum absolute atomic E-state index is 0.114. The molecule has 2 aliphatic heterocycles. The number of amides is 1. The van der Waals surface area contributed by atoms with Crippen molar-refractivity contribution in [3.05, 3.63) is 76.0 Å². The smallest absolute Gasteiger partial charge is 0.416 e. The molecule has 1 amide bonds. The maximum absolute atomic E-state index is 13.4. The number of fused-ring (bicyclic) bond motifs is 3. The Morgan fingerprint density at radius 3 is 2.75 bits per heavy atom. The van der Waals surface area contributed by atoms with Crippen molar-refractivity contribution in [3.63, 3.8) is 0 Å². The van der Waals surface area contributed by atoms with Gasteiger partial charge in [0.1, 0.15) is 5.75 Å². The van der Waals surface area contributed by atoms with Crippen molar-refractivity contribution in [3.8, 4) is 5.75 Å². The lowest BCUT2D eigenvalue weighted by Crippen LogP contribution is -2.61. The highest BCUT2D eigenvalue weighted by Crippen LogP contribution is 2.40. The molecule has 1 N–H and O–H groups in total. The first-order chi connectivity index (χ1) is 17.3. The molecule has 5 nitrogen and oxygen atoms in total. The molecule has 3 heterocycles. The van der Waals surface area contributed by atoms with Crippen LogP contribution in [-0.2, 0) is 23.8 Å². The third-order valence-electron chi connectivity index (χ3n) is 7.05. The number of thiophene rings is 1. The molecule has 36 heavy (non-hydrogen) atoms. The maximum atomic E-state index is 13.4. The Morgan fingerprint density at radius 2 is 2.00 bits per heavy atom. The van der Waals surface area contributed by atoms with Crippen LogP contribution in [0, 0.1) is 5.92 Å². The molecule has 0 saturated carbocycles. The summed E-state index contributed by atoms with van der Waals surface area (Å²) in [5.41, 5.74) is 1.70. The summed E-state index contributed by atoms with van der Waals surface area (Å²) in [4.78, 5) is 19.0. The van der Waals surface area contributed by atoms with Crippen molar-refractivity contribution in [2.45, 2.75) is 25.1 Å². The highest BCUT2D eigenvalue weighted by atomic mass is 32.1. The van der Waals surface area contributed by atoms with Crippen molar-refractivity contribution in [2.75, 3.05) is 43.1 Å². The van der Waals surface area contributed by atoms with Gasteiger partial charge in [0.05, 0.1) is 24.6 Å². The monoisotopic (exact) mass is 515 g/mol. The van der Waals surface area contributed by atoms with Gasteiger partial charge in [0.15, 0.2) is 0 Å². The summed E-state index contributed by atoms with van der Waals surface area (Å²) < 4.78 is 45.7. The largest absolute Gasteiger partial charge is 0.497 e. The molecule has 0 aliphatic carbocycles. The normalized spacial score (nSPS) is 19.4. The number of benzene rings is 2. The van der Waals surface area contributed by atoms with E-state index in [2.05, 4.69) is 15.1 Å². The second kappa shape index (κ2) is 10.0. The molecule has 0 bridgehead atoms. The number of methoxy groups -OCH3 is 1. The van der Waals surface area contributed by atoms with Crippen LogP contribution >= 0.6 is 11.3 Å². The summed E-state index contributed by atoms with van der Waals surface area (Å²) >= 11 is 1.64. The lowest BCUT2D eigenvalue weighted by Gasteiger charge is -2.49. The average Bonchev–Trinajstić information content (AvgIpc) is 3.40. The van der Waals surface area contributed by atoms with Gasteiger partial charge in [-0.25, -0.2) is 0 Å². The summed E-state index contributed by atoms with van der Waals surface area (Å²) in [5, 5.41) is 5.05. The van der Waals surface area contributed by atoms with Crippen LogP contribution in [-0.4, -0.2) is 45.2 Å². The van der Waals surface area contributed by atoms with Crippen LogP contribution in [0.15, 0.2) is 60.0 Å². The number of hydrogen-bond acceptors (Lipinski definition) is 5. The van der Waals surface area contributed by atoms with Crippen LogP contribution in [0.5, 0.6) is 5.75 Å². The fraction of sp³-hybridized carbons (Fsp3) is 0.370. The van der Waals surface area contributed by atoms with E-state index in [0.717, 1.165) is 29.6 Å². The quantitative estimate of drug-likeness (QED) is 0.502. The van der Waals surface area contributed by atoms with Crippen LogP contribution < -0.4 is 19.9 Å². The molecule has 1 saturated heterocycles. The fourth-order valence-corrected chi connectivity index (χ4v) is 5.94. The van der Waals surface area contributed by atoms with Crippen LogP contribution in [0.1, 0.15) is 16.0 Å². The third kappa shape index (κ3) is 5.02. The zero-order chi connectivity index (χ0) is 25.3. The van der Waals surface area contributed by atoms with Gasteiger partial charge in [0.25, 0.3) is 0 Å². The number of carbonyl (C=O) groups excluding carboxylic acids is 1. The number of alkyl halides is 3. The Labute approximate surface area is 212 Å². The predicted molar refractivity (Wildman–Crippen MR) is 136 cm³/mol. The Kier molecular flexibility index (Phi) is 6.83. The highest BCUT2D eigenvalue weighted by Gasteiger charge is 2.42. The summed E-state index contributed by atoms with van der Waals surface area (Å²) in [6.07, 6.45) is -3.41. The molecule has 3 aromatic rings. The molecule has 9 heteroatoms. The zero-order valence-electron chi connectivity index (χ0n) is 19.9. The number of ether oxygens (including phenoxy) is 1. The lowest BCUT2D eigenvalue weighted by atomic mass is 9.82. The number of piperazine rings is 1. The topological polar surface area (TPSA) is 44.8 Å². The predicted octanol–water partition coefficient (Wildman–Crippen LogP) is 5.00.